The summed E-state index contributed by atoms with van der Waals surface area (Å²) in [5.74, 6) is -0.901. The standard InChI is InChI=1S/C19H24N2O3/c22-18(20-12-11-16-7-3-1-4-8-16)14-21(15-19(23)24)13-17-9-5-2-6-10-17/h1-10,18,20,22H,11-15H2,(H,23,24). The SMILES string of the molecule is O=C(O)CN(Cc1ccccc1)CC(O)NCCc1ccccc1. The van der Waals surface area contributed by atoms with E-state index in [-0.39, 0.29) is 13.1 Å². The van der Waals surface area contributed by atoms with E-state index in [0.29, 0.717) is 13.1 Å². The van der Waals surface area contributed by atoms with Crippen molar-refractivity contribution in [2.75, 3.05) is 19.6 Å². The van der Waals surface area contributed by atoms with Gasteiger partial charge in [0.25, 0.3) is 0 Å². The molecule has 0 fully saturated rings. The Morgan fingerprint density at radius 2 is 1.58 bits per heavy atom. The van der Waals surface area contributed by atoms with Crippen LogP contribution in [0, 0.1) is 0 Å². The van der Waals surface area contributed by atoms with Gasteiger partial charge in [0, 0.05) is 19.6 Å². The molecule has 0 aliphatic heterocycles. The smallest absolute Gasteiger partial charge is 0.317 e. The summed E-state index contributed by atoms with van der Waals surface area (Å²) in [6.07, 6.45) is 0.0481. The third kappa shape index (κ3) is 6.91. The van der Waals surface area contributed by atoms with Crippen LogP contribution in [0.15, 0.2) is 60.7 Å². The van der Waals surface area contributed by atoms with Crippen LogP contribution < -0.4 is 5.32 Å². The minimum absolute atomic E-state index is 0.105. The van der Waals surface area contributed by atoms with Crippen molar-refractivity contribution in [2.24, 2.45) is 0 Å². The maximum atomic E-state index is 11.0. The summed E-state index contributed by atoms with van der Waals surface area (Å²) in [4.78, 5) is 12.8. The molecule has 0 aliphatic carbocycles. The van der Waals surface area contributed by atoms with Crippen LogP contribution in [0.5, 0.6) is 0 Å². The zero-order chi connectivity index (χ0) is 17.2. The molecule has 5 nitrogen and oxygen atoms in total. The Balaban J connectivity index is 1.80. The molecular formula is C19H24N2O3. The van der Waals surface area contributed by atoms with Gasteiger partial charge in [0.05, 0.1) is 6.54 Å². The van der Waals surface area contributed by atoms with E-state index < -0.39 is 12.2 Å². The van der Waals surface area contributed by atoms with Gasteiger partial charge in [0.1, 0.15) is 6.23 Å². The molecule has 1 atom stereocenters. The van der Waals surface area contributed by atoms with Crippen molar-refractivity contribution in [1.82, 2.24) is 10.2 Å². The normalized spacial score (nSPS) is 12.2. The molecule has 0 saturated carbocycles. The van der Waals surface area contributed by atoms with Crippen molar-refractivity contribution >= 4 is 5.97 Å². The van der Waals surface area contributed by atoms with Gasteiger partial charge in [-0.25, -0.2) is 0 Å². The number of rotatable bonds is 10. The lowest BCUT2D eigenvalue weighted by Crippen LogP contribution is -2.43. The second kappa shape index (κ2) is 9.82. The van der Waals surface area contributed by atoms with E-state index in [0.717, 1.165) is 12.0 Å². The largest absolute Gasteiger partial charge is 0.480 e. The van der Waals surface area contributed by atoms with Gasteiger partial charge in [-0.3, -0.25) is 15.0 Å². The fourth-order valence-electron chi connectivity index (χ4n) is 2.55. The summed E-state index contributed by atoms with van der Waals surface area (Å²) in [6, 6.07) is 19.7. The summed E-state index contributed by atoms with van der Waals surface area (Å²) in [5.41, 5.74) is 2.22. The number of aliphatic hydroxyl groups is 1. The second-order valence-electron chi connectivity index (χ2n) is 5.75. The highest BCUT2D eigenvalue weighted by Crippen LogP contribution is 2.05. The number of hydrogen-bond donors (Lipinski definition) is 3. The molecule has 0 aliphatic rings. The van der Waals surface area contributed by atoms with Crippen molar-refractivity contribution in [3.8, 4) is 0 Å². The quantitative estimate of drug-likeness (QED) is 0.579. The van der Waals surface area contributed by atoms with Crippen molar-refractivity contribution in [1.29, 1.82) is 0 Å². The number of carboxylic acid groups (broad SMARTS) is 1. The Kier molecular flexibility index (Phi) is 7.42. The maximum absolute atomic E-state index is 11.0. The van der Waals surface area contributed by atoms with Crippen molar-refractivity contribution in [2.45, 2.75) is 19.2 Å². The van der Waals surface area contributed by atoms with Gasteiger partial charge in [-0.2, -0.15) is 0 Å². The number of hydrogen-bond acceptors (Lipinski definition) is 4. The van der Waals surface area contributed by atoms with Crippen molar-refractivity contribution in [3.63, 3.8) is 0 Å². The molecule has 3 N–H and O–H groups in total. The lowest BCUT2D eigenvalue weighted by molar-refractivity contribution is -0.138. The topological polar surface area (TPSA) is 72.8 Å². The van der Waals surface area contributed by atoms with E-state index in [9.17, 15) is 9.90 Å². The Morgan fingerprint density at radius 3 is 2.17 bits per heavy atom. The molecule has 0 amide bonds. The monoisotopic (exact) mass is 328 g/mol. The highest BCUT2D eigenvalue weighted by molar-refractivity contribution is 5.69. The van der Waals surface area contributed by atoms with Crippen LogP contribution in [-0.4, -0.2) is 46.9 Å². The van der Waals surface area contributed by atoms with Crippen LogP contribution in [0.2, 0.25) is 0 Å². The lowest BCUT2D eigenvalue weighted by Gasteiger charge is -2.24. The zero-order valence-electron chi connectivity index (χ0n) is 13.6. The van der Waals surface area contributed by atoms with Crippen LogP contribution in [-0.2, 0) is 17.8 Å². The Bertz CT molecular complexity index is 605. The summed E-state index contributed by atoms with van der Waals surface area (Å²) in [7, 11) is 0. The first-order chi connectivity index (χ1) is 11.6. The molecule has 0 bridgehead atoms. The van der Waals surface area contributed by atoms with E-state index in [2.05, 4.69) is 5.32 Å². The molecular weight excluding hydrogens is 304 g/mol. The third-order valence-corrected chi connectivity index (χ3v) is 3.68. The second-order valence-corrected chi connectivity index (χ2v) is 5.75. The van der Waals surface area contributed by atoms with E-state index in [4.69, 9.17) is 5.11 Å². The number of aliphatic hydroxyl groups excluding tert-OH is 1. The average molecular weight is 328 g/mol. The lowest BCUT2D eigenvalue weighted by atomic mass is 10.1. The minimum Gasteiger partial charge on any atom is -0.480 e. The van der Waals surface area contributed by atoms with Crippen LogP contribution in [0.25, 0.3) is 0 Å². The van der Waals surface area contributed by atoms with E-state index in [1.807, 2.05) is 60.7 Å². The van der Waals surface area contributed by atoms with E-state index in [1.165, 1.54) is 5.56 Å². The van der Waals surface area contributed by atoms with Crippen molar-refractivity contribution < 1.29 is 15.0 Å². The fourth-order valence-corrected chi connectivity index (χ4v) is 2.55. The van der Waals surface area contributed by atoms with Gasteiger partial charge < -0.3 is 10.2 Å². The number of benzene rings is 2. The van der Waals surface area contributed by atoms with Gasteiger partial charge in [0.2, 0.25) is 0 Å². The molecule has 0 aromatic heterocycles. The van der Waals surface area contributed by atoms with Crippen LogP contribution in [0.3, 0.4) is 0 Å². The molecule has 1 unspecified atom stereocenters. The minimum atomic E-state index is -0.901. The molecule has 0 radical (unpaired) electrons. The van der Waals surface area contributed by atoms with Gasteiger partial charge in [-0.1, -0.05) is 60.7 Å². The maximum Gasteiger partial charge on any atom is 0.317 e. The Hall–Kier alpha value is -2.21. The van der Waals surface area contributed by atoms with Gasteiger partial charge in [-0.05, 0) is 17.5 Å². The van der Waals surface area contributed by atoms with Crippen LogP contribution in [0.4, 0.5) is 0 Å². The molecule has 0 spiro atoms. The first-order valence-corrected chi connectivity index (χ1v) is 8.07. The highest BCUT2D eigenvalue weighted by atomic mass is 16.4. The molecule has 0 saturated heterocycles. The van der Waals surface area contributed by atoms with Gasteiger partial charge in [-0.15, -0.1) is 0 Å². The molecule has 5 heteroatoms. The summed E-state index contributed by atoms with van der Waals surface area (Å²) < 4.78 is 0. The van der Waals surface area contributed by atoms with Crippen LogP contribution >= 0.6 is 0 Å². The summed E-state index contributed by atoms with van der Waals surface area (Å²) in [5, 5.41) is 22.2. The van der Waals surface area contributed by atoms with Crippen molar-refractivity contribution in [3.05, 3.63) is 71.8 Å². The predicted octanol–water partition coefficient (Wildman–Crippen LogP) is 1.72. The number of aliphatic carboxylic acids is 1. The number of carboxylic acids is 1. The van der Waals surface area contributed by atoms with E-state index in [1.54, 1.807) is 4.90 Å². The molecule has 24 heavy (non-hydrogen) atoms. The molecule has 0 heterocycles. The van der Waals surface area contributed by atoms with Gasteiger partial charge >= 0.3 is 5.97 Å². The Morgan fingerprint density at radius 1 is 1.00 bits per heavy atom. The first-order valence-electron chi connectivity index (χ1n) is 8.07. The third-order valence-electron chi connectivity index (χ3n) is 3.68. The highest BCUT2D eigenvalue weighted by Gasteiger charge is 2.14. The number of nitrogens with zero attached hydrogens (tertiary/aromatic N) is 1. The zero-order valence-corrected chi connectivity index (χ0v) is 13.6. The fraction of sp³-hybridized carbons (Fsp3) is 0.316. The van der Waals surface area contributed by atoms with Crippen LogP contribution in [0.1, 0.15) is 11.1 Å². The van der Waals surface area contributed by atoms with E-state index >= 15 is 0 Å². The number of nitrogens with one attached hydrogen (secondary N) is 1. The average Bonchev–Trinajstić information content (AvgIpc) is 2.56. The molecule has 2 aromatic rings. The summed E-state index contributed by atoms with van der Waals surface area (Å²) >= 11 is 0. The molecule has 2 aromatic carbocycles. The molecule has 128 valence electrons. The molecule has 2 rings (SSSR count). The Labute approximate surface area is 142 Å². The predicted molar refractivity (Wildman–Crippen MR) is 93.5 cm³/mol. The van der Waals surface area contributed by atoms with Gasteiger partial charge in [0.15, 0.2) is 0 Å². The number of carbonyl (C=O) groups is 1. The first kappa shape index (κ1) is 18.1. The summed E-state index contributed by atoms with van der Waals surface area (Å²) in [6.45, 7) is 1.28.